The molecule has 0 saturated heterocycles. The van der Waals surface area contributed by atoms with Crippen molar-refractivity contribution in [2.45, 2.75) is 157 Å². The topological polar surface area (TPSA) is 9.23 Å². The van der Waals surface area contributed by atoms with Crippen molar-refractivity contribution in [2.24, 2.45) is 52.3 Å². The molecular weight excluding hydrogens is 440 g/mol. The maximum absolute atomic E-state index is 6.98. The van der Waals surface area contributed by atoms with Gasteiger partial charge in [-0.2, -0.15) is 0 Å². The van der Waals surface area contributed by atoms with Gasteiger partial charge in [-0.05, 0) is 128 Å². The van der Waals surface area contributed by atoms with Gasteiger partial charge in [0.2, 0.25) is 0 Å². The maximum Gasteiger partial charge on any atom is 0.192 e. The SMILES string of the molecule is CC(C)CCC[C@@H](C)[C@H]1CC[C@H]2[C@@H]3CC[C@@H]4C[C@@H](O[Si](C)(C)C(C)(C)C)CC[C@]4(C)[C@H]3CC[C@]12C. The van der Waals surface area contributed by atoms with Gasteiger partial charge in [-0.15, -0.1) is 0 Å². The van der Waals surface area contributed by atoms with Gasteiger partial charge in [-0.3, -0.25) is 0 Å². The van der Waals surface area contributed by atoms with Gasteiger partial charge in [0.05, 0.1) is 0 Å². The third-order valence-electron chi connectivity index (χ3n) is 13.1. The molecule has 4 saturated carbocycles. The van der Waals surface area contributed by atoms with E-state index in [1.165, 1.54) is 77.0 Å². The lowest BCUT2D eigenvalue weighted by Gasteiger charge is -2.61. The monoisotopic (exact) mass is 502 g/mol. The molecule has 0 spiro atoms. The number of hydrogen-bond donors (Lipinski definition) is 0. The van der Waals surface area contributed by atoms with E-state index < -0.39 is 8.32 Å². The van der Waals surface area contributed by atoms with E-state index in [9.17, 15) is 0 Å². The third-order valence-corrected chi connectivity index (χ3v) is 17.6. The summed E-state index contributed by atoms with van der Waals surface area (Å²) in [6.07, 6.45) is 18.1. The van der Waals surface area contributed by atoms with Crippen molar-refractivity contribution in [3.05, 3.63) is 0 Å². The highest BCUT2D eigenvalue weighted by Crippen LogP contribution is 2.68. The summed E-state index contributed by atoms with van der Waals surface area (Å²) in [4.78, 5) is 0. The predicted molar refractivity (Wildman–Crippen MR) is 155 cm³/mol. The Labute approximate surface area is 221 Å². The lowest BCUT2D eigenvalue weighted by molar-refractivity contribution is -0.127. The molecule has 4 fully saturated rings. The first-order valence-electron chi connectivity index (χ1n) is 15.9. The van der Waals surface area contributed by atoms with Gasteiger partial charge in [0.25, 0.3) is 0 Å². The summed E-state index contributed by atoms with van der Waals surface area (Å²) >= 11 is 0. The second kappa shape index (κ2) is 10.1. The van der Waals surface area contributed by atoms with Crippen LogP contribution in [0.25, 0.3) is 0 Å². The zero-order valence-corrected chi connectivity index (χ0v) is 26.5. The molecule has 0 bridgehead atoms. The van der Waals surface area contributed by atoms with E-state index in [1.807, 2.05) is 0 Å². The quantitative estimate of drug-likeness (QED) is 0.314. The van der Waals surface area contributed by atoms with E-state index in [0.717, 1.165) is 41.4 Å². The van der Waals surface area contributed by atoms with Gasteiger partial charge in [0.15, 0.2) is 8.32 Å². The van der Waals surface area contributed by atoms with Crippen LogP contribution in [0.15, 0.2) is 0 Å². The third kappa shape index (κ3) is 5.24. The van der Waals surface area contributed by atoms with E-state index in [4.69, 9.17) is 4.43 Å². The molecule has 4 aliphatic carbocycles. The highest BCUT2D eigenvalue weighted by atomic mass is 28.4. The van der Waals surface area contributed by atoms with Crippen molar-refractivity contribution < 1.29 is 4.43 Å². The van der Waals surface area contributed by atoms with Gasteiger partial charge < -0.3 is 4.43 Å². The largest absolute Gasteiger partial charge is 0.414 e. The van der Waals surface area contributed by atoms with Crippen LogP contribution in [-0.2, 0) is 4.43 Å². The fourth-order valence-corrected chi connectivity index (χ4v) is 11.3. The highest BCUT2D eigenvalue weighted by Gasteiger charge is 2.60. The lowest BCUT2D eigenvalue weighted by Crippen LogP contribution is -2.55. The molecule has 2 heteroatoms. The molecule has 35 heavy (non-hydrogen) atoms. The van der Waals surface area contributed by atoms with Crippen LogP contribution < -0.4 is 0 Å². The molecule has 0 aromatic rings. The van der Waals surface area contributed by atoms with Crippen molar-refractivity contribution >= 4 is 8.32 Å². The summed E-state index contributed by atoms with van der Waals surface area (Å²) < 4.78 is 6.98. The average molecular weight is 503 g/mol. The molecule has 0 N–H and O–H groups in total. The van der Waals surface area contributed by atoms with Crippen LogP contribution in [0.4, 0.5) is 0 Å². The summed E-state index contributed by atoms with van der Waals surface area (Å²) in [5, 5.41) is 0.324. The van der Waals surface area contributed by atoms with Crippen molar-refractivity contribution in [1.82, 2.24) is 0 Å². The smallest absolute Gasteiger partial charge is 0.192 e. The van der Waals surface area contributed by atoms with E-state index in [2.05, 4.69) is 68.5 Å². The average Bonchev–Trinajstić information content (AvgIpc) is 3.10. The van der Waals surface area contributed by atoms with E-state index in [1.54, 1.807) is 0 Å². The molecule has 9 atom stereocenters. The van der Waals surface area contributed by atoms with E-state index >= 15 is 0 Å². The standard InChI is InChI=1S/C33H62OSi/c1-23(2)12-11-13-24(3)28-16-17-29-27-15-14-25-22-26(34-35(9,10)31(4,5)6)18-20-32(25,7)30(27)19-21-33(28,29)8/h23-30H,11-22H2,1-10H3/t24-,25-,26+,27+,28-,29+,30+,32+,33-/m1/s1. The molecule has 0 radical (unpaired) electrons. The molecule has 4 rings (SSSR count). The van der Waals surface area contributed by atoms with Gasteiger partial charge in [0.1, 0.15) is 0 Å². The van der Waals surface area contributed by atoms with Crippen molar-refractivity contribution in [1.29, 1.82) is 0 Å². The number of hydrogen-bond acceptors (Lipinski definition) is 1. The Morgan fingerprint density at radius 3 is 2.14 bits per heavy atom. The Hall–Kier alpha value is 0.177. The molecule has 0 aromatic heterocycles. The summed E-state index contributed by atoms with van der Waals surface area (Å²) in [5.41, 5.74) is 1.21. The van der Waals surface area contributed by atoms with Crippen LogP contribution in [-0.4, -0.2) is 14.4 Å². The predicted octanol–water partition coefficient (Wildman–Crippen LogP) is 10.5. The van der Waals surface area contributed by atoms with Crippen molar-refractivity contribution in [2.75, 3.05) is 0 Å². The number of rotatable bonds is 7. The molecule has 0 unspecified atom stereocenters. The van der Waals surface area contributed by atoms with Crippen LogP contribution in [0.5, 0.6) is 0 Å². The molecule has 204 valence electrons. The normalized spacial score (nSPS) is 42.9. The molecular formula is C33H62OSi. The molecule has 4 aliphatic rings. The van der Waals surface area contributed by atoms with Crippen LogP contribution in [0.3, 0.4) is 0 Å². The fraction of sp³-hybridized carbons (Fsp3) is 1.00. The minimum Gasteiger partial charge on any atom is -0.414 e. The number of fused-ring (bicyclic) bond motifs is 5. The summed E-state index contributed by atoms with van der Waals surface area (Å²) in [6.45, 7) is 25.0. The molecule has 0 heterocycles. The van der Waals surface area contributed by atoms with E-state index in [0.29, 0.717) is 22.0 Å². The first kappa shape index (κ1) is 28.2. The Morgan fingerprint density at radius 2 is 1.49 bits per heavy atom. The van der Waals surface area contributed by atoms with Gasteiger partial charge >= 0.3 is 0 Å². The van der Waals surface area contributed by atoms with Crippen LogP contribution in [0.2, 0.25) is 18.1 Å². The molecule has 0 aliphatic heterocycles. The van der Waals surface area contributed by atoms with Gasteiger partial charge in [-0.1, -0.05) is 74.7 Å². The second-order valence-electron chi connectivity index (χ2n) is 16.5. The first-order chi connectivity index (χ1) is 16.2. The summed E-state index contributed by atoms with van der Waals surface area (Å²) in [5.74, 6) is 6.70. The molecule has 0 amide bonds. The highest BCUT2D eigenvalue weighted by molar-refractivity contribution is 6.74. The van der Waals surface area contributed by atoms with Crippen LogP contribution >= 0.6 is 0 Å². The van der Waals surface area contributed by atoms with E-state index in [-0.39, 0.29) is 0 Å². The lowest BCUT2D eigenvalue weighted by atomic mass is 9.44. The Bertz CT molecular complexity index is 721. The molecule has 0 aromatic carbocycles. The van der Waals surface area contributed by atoms with Crippen LogP contribution in [0, 0.1) is 52.3 Å². The fourth-order valence-electron chi connectivity index (χ4n) is 9.94. The van der Waals surface area contributed by atoms with Gasteiger partial charge in [-0.25, -0.2) is 0 Å². The van der Waals surface area contributed by atoms with Crippen molar-refractivity contribution in [3.8, 4) is 0 Å². The Morgan fingerprint density at radius 1 is 0.829 bits per heavy atom. The minimum absolute atomic E-state index is 0.324. The Balaban J connectivity index is 1.41. The van der Waals surface area contributed by atoms with Gasteiger partial charge in [0, 0.05) is 6.10 Å². The maximum atomic E-state index is 6.98. The molecule has 1 nitrogen and oxygen atoms in total. The Kier molecular flexibility index (Phi) is 8.10. The first-order valence-corrected chi connectivity index (χ1v) is 18.8. The van der Waals surface area contributed by atoms with Crippen molar-refractivity contribution in [3.63, 3.8) is 0 Å². The zero-order valence-electron chi connectivity index (χ0n) is 25.5. The summed E-state index contributed by atoms with van der Waals surface area (Å²) in [6, 6.07) is 0. The zero-order chi connectivity index (χ0) is 25.8. The second-order valence-corrected chi connectivity index (χ2v) is 21.2. The van der Waals surface area contributed by atoms with Crippen LogP contribution in [0.1, 0.15) is 132 Å². The summed E-state index contributed by atoms with van der Waals surface area (Å²) in [7, 11) is -1.67. The minimum atomic E-state index is -1.67.